The molecule has 0 rings (SSSR count). The first kappa shape index (κ1) is 24.3. The smallest absolute Gasteiger partial charge is 0.132 e. The van der Waals surface area contributed by atoms with E-state index in [0.717, 1.165) is 19.3 Å². The van der Waals surface area contributed by atoms with Crippen LogP contribution in [0.25, 0.3) is 0 Å². The molecule has 0 fully saturated rings. The van der Waals surface area contributed by atoms with E-state index in [-0.39, 0.29) is 5.78 Å². The summed E-state index contributed by atoms with van der Waals surface area (Å²) in [6, 6.07) is 0. The second-order valence-corrected chi connectivity index (χ2v) is 7.63. The number of hydrogen-bond acceptors (Lipinski definition) is 2. The Kier molecular flexibility index (Phi) is 19.1. The van der Waals surface area contributed by atoms with Crippen LogP contribution < -0.4 is 0 Å². The van der Waals surface area contributed by atoms with Gasteiger partial charge in [0.15, 0.2) is 0 Å². The molecule has 2 nitrogen and oxygen atoms in total. The van der Waals surface area contributed by atoms with Crippen molar-refractivity contribution in [1.29, 1.82) is 0 Å². The van der Waals surface area contributed by atoms with E-state index in [2.05, 4.69) is 6.92 Å². The van der Waals surface area contributed by atoms with E-state index in [4.69, 9.17) is 0 Å². The third-order valence-corrected chi connectivity index (χ3v) is 5.11. The van der Waals surface area contributed by atoms with E-state index >= 15 is 0 Å². The van der Waals surface area contributed by atoms with E-state index in [1.165, 1.54) is 83.5 Å². The fourth-order valence-corrected chi connectivity index (χ4v) is 3.30. The molecule has 0 aromatic heterocycles. The molecule has 0 aliphatic rings. The molecular weight excluding hydrogens is 308 g/mol. The first-order chi connectivity index (χ1) is 12.2. The number of unbranched alkanes of at least 4 members (excludes halogenated alkanes) is 13. The predicted octanol–water partition coefficient (Wildman–Crippen LogP) is 7.58. The molecule has 0 spiro atoms. The van der Waals surface area contributed by atoms with Crippen LogP contribution in [0.3, 0.4) is 0 Å². The average Bonchev–Trinajstić information content (AvgIpc) is 2.61. The van der Waals surface area contributed by atoms with E-state index in [1.807, 2.05) is 6.92 Å². The molecule has 0 heterocycles. The molecule has 0 aliphatic heterocycles. The summed E-state index contributed by atoms with van der Waals surface area (Å²) in [6.07, 6.45) is 22.1. The van der Waals surface area contributed by atoms with Gasteiger partial charge in [-0.2, -0.15) is 0 Å². The van der Waals surface area contributed by atoms with Crippen LogP contribution in [0, 0.1) is 0 Å². The zero-order valence-electron chi connectivity index (χ0n) is 17.3. The first-order valence-electron chi connectivity index (χ1n) is 11.2. The molecule has 0 unspecified atom stereocenters. The summed E-state index contributed by atoms with van der Waals surface area (Å²) in [4.78, 5) is 22.9. The Morgan fingerprint density at radius 3 is 1.24 bits per heavy atom. The Morgan fingerprint density at radius 1 is 0.440 bits per heavy atom. The van der Waals surface area contributed by atoms with Crippen LogP contribution >= 0.6 is 0 Å². The quantitative estimate of drug-likeness (QED) is 0.212. The minimum atomic E-state index is 0.282. The van der Waals surface area contributed by atoms with Gasteiger partial charge in [0.2, 0.25) is 0 Å². The molecule has 0 atom stereocenters. The van der Waals surface area contributed by atoms with Gasteiger partial charge in [0.25, 0.3) is 0 Å². The fraction of sp³-hybridized carbons (Fsp3) is 0.913. The summed E-state index contributed by atoms with van der Waals surface area (Å²) < 4.78 is 0. The van der Waals surface area contributed by atoms with Crippen molar-refractivity contribution >= 4 is 11.6 Å². The maximum absolute atomic E-state index is 11.7. The van der Waals surface area contributed by atoms with Crippen LogP contribution in [0.4, 0.5) is 0 Å². The lowest BCUT2D eigenvalue weighted by atomic mass is 10.0. The molecule has 2 heteroatoms. The number of rotatable bonds is 20. The second-order valence-electron chi connectivity index (χ2n) is 7.63. The summed E-state index contributed by atoms with van der Waals surface area (Å²) in [5, 5.41) is 0. The van der Waals surface area contributed by atoms with Crippen molar-refractivity contribution in [3.63, 3.8) is 0 Å². The van der Waals surface area contributed by atoms with E-state index in [1.54, 1.807) is 0 Å². The van der Waals surface area contributed by atoms with Gasteiger partial charge < -0.3 is 0 Å². The van der Waals surface area contributed by atoms with Crippen molar-refractivity contribution in [3.8, 4) is 0 Å². The summed E-state index contributed by atoms with van der Waals surface area (Å²) in [6.45, 7) is 4.16. The highest BCUT2D eigenvalue weighted by Crippen LogP contribution is 2.14. The molecular formula is C23H44O2. The number of carbonyl (C=O) groups is 2. The molecule has 0 amide bonds. The number of carbonyl (C=O) groups excluding carboxylic acids is 2. The van der Waals surface area contributed by atoms with Gasteiger partial charge in [-0.15, -0.1) is 0 Å². The van der Waals surface area contributed by atoms with Gasteiger partial charge in [-0.1, -0.05) is 97.3 Å². The SMILES string of the molecule is CCCCCCCCCCCCCCCCC(=O)CCCC(=O)CC. The predicted molar refractivity (Wildman–Crippen MR) is 109 cm³/mol. The van der Waals surface area contributed by atoms with Crippen molar-refractivity contribution < 1.29 is 9.59 Å². The molecule has 0 radical (unpaired) electrons. The van der Waals surface area contributed by atoms with Gasteiger partial charge in [-0.25, -0.2) is 0 Å². The normalized spacial score (nSPS) is 11.0. The standard InChI is InChI=1S/C23H44O2/c1-3-5-6-7-8-9-10-11-12-13-14-15-16-17-19-23(25)21-18-20-22(24)4-2/h3-21H2,1-2H3. The molecule has 0 saturated heterocycles. The van der Waals surface area contributed by atoms with Crippen LogP contribution in [0.15, 0.2) is 0 Å². The molecule has 0 aromatic rings. The highest BCUT2D eigenvalue weighted by Gasteiger charge is 2.04. The van der Waals surface area contributed by atoms with E-state index < -0.39 is 0 Å². The van der Waals surface area contributed by atoms with Crippen LogP contribution in [-0.2, 0) is 9.59 Å². The minimum absolute atomic E-state index is 0.282. The van der Waals surface area contributed by atoms with Crippen molar-refractivity contribution in [2.45, 2.75) is 136 Å². The van der Waals surface area contributed by atoms with Gasteiger partial charge in [0.1, 0.15) is 11.6 Å². The van der Waals surface area contributed by atoms with Crippen LogP contribution in [0.2, 0.25) is 0 Å². The maximum Gasteiger partial charge on any atom is 0.132 e. The van der Waals surface area contributed by atoms with Crippen LogP contribution in [-0.4, -0.2) is 11.6 Å². The molecule has 0 bridgehead atoms. The first-order valence-corrected chi connectivity index (χ1v) is 11.2. The Hall–Kier alpha value is -0.660. The maximum atomic E-state index is 11.7. The lowest BCUT2D eigenvalue weighted by Gasteiger charge is -2.03. The second kappa shape index (κ2) is 19.7. The monoisotopic (exact) mass is 352 g/mol. The topological polar surface area (TPSA) is 34.1 Å². The van der Waals surface area contributed by atoms with Crippen LogP contribution in [0.5, 0.6) is 0 Å². The Labute approximate surface area is 157 Å². The minimum Gasteiger partial charge on any atom is -0.300 e. The molecule has 0 aliphatic carbocycles. The van der Waals surface area contributed by atoms with Crippen LogP contribution in [0.1, 0.15) is 136 Å². The Bertz CT molecular complexity index is 309. The molecule has 25 heavy (non-hydrogen) atoms. The number of hydrogen-bond donors (Lipinski definition) is 0. The molecule has 148 valence electrons. The van der Waals surface area contributed by atoms with Gasteiger partial charge >= 0.3 is 0 Å². The lowest BCUT2D eigenvalue weighted by Crippen LogP contribution is -2.01. The Morgan fingerprint density at radius 2 is 0.800 bits per heavy atom. The van der Waals surface area contributed by atoms with Gasteiger partial charge in [0.05, 0.1) is 0 Å². The van der Waals surface area contributed by atoms with E-state index in [9.17, 15) is 9.59 Å². The average molecular weight is 353 g/mol. The number of ketones is 2. The zero-order chi connectivity index (χ0) is 18.6. The fourth-order valence-electron chi connectivity index (χ4n) is 3.30. The summed E-state index contributed by atoms with van der Waals surface area (Å²) >= 11 is 0. The third kappa shape index (κ3) is 19.5. The van der Waals surface area contributed by atoms with Gasteiger partial charge in [0, 0.05) is 25.7 Å². The van der Waals surface area contributed by atoms with E-state index in [0.29, 0.717) is 25.0 Å². The molecule has 0 aromatic carbocycles. The summed E-state index contributed by atoms with van der Waals surface area (Å²) in [5.41, 5.74) is 0. The Balaban J connectivity index is 3.15. The van der Waals surface area contributed by atoms with Gasteiger partial charge in [-0.3, -0.25) is 9.59 Å². The zero-order valence-corrected chi connectivity index (χ0v) is 17.3. The van der Waals surface area contributed by atoms with Crippen molar-refractivity contribution in [2.24, 2.45) is 0 Å². The number of Topliss-reactive ketones (excluding diaryl/α,β-unsaturated/α-hetero) is 2. The van der Waals surface area contributed by atoms with Crippen molar-refractivity contribution in [3.05, 3.63) is 0 Å². The highest BCUT2D eigenvalue weighted by atomic mass is 16.1. The van der Waals surface area contributed by atoms with Crippen molar-refractivity contribution in [1.82, 2.24) is 0 Å². The molecule has 0 N–H and O–H groups in total. The largest absolute Gasteiger partial charge is 0.300 e. The third-order valence-electron chi connectivity index (χ3n) is 5.11. The summed E-state index contributed by atoms with van der Waals surface area (Å²) in [5.74, 6) is 0.632. The summed E-state index contributed by atoms with van der Waals surface area (Å²) in [7, 11) is 0. The molecule has 0 saturated carbocycles. The van der Waals surface area contributed by atoms with Crippen molar-refractivity contribution in [2.75, 3.05) is 0 Å². The lowest BCUT2D eigenvalue weighted by molar-refractivity contribution is -0.120. The highest BCUT2D eigenvalue weighted by molar-refractivity contribution is 5.80. The van der Waals surface area contributed by atoms with Gasteiger partial charge in [-0.05, 0) is 12.8 Å².